The van der Waals surface area contributed by atoms with Crippen LogP contribution in [0, 0.1) is 6.92 Å². The Labute approximate surface area is 353 Å². The molecular weight excluding hydrogens is 749 g/mol. The van der Waals surface area contributed by atoms with Gasteiger partial charge in [0.05, 0.1) is 40.0 Å². The summed E-state index contributed by atoms with van der Waals surface area (Å²) in [5.41, 5.74) is 9.03. The summed E-state index contributed by atoms with van der Waals surface area (Å²) < 4.78 is 7.40. The van der Waals surface area contributed by atoms with E-state index in [1.807, 2.05) is 0 Å². The Kier molecular flexibility index (Phi) is 8.57. The average Bonchev–Trinajstić information content (AvgIpc) is 3.31. The van der Waals surface area contributed by atoms with Crippen LogP contribution in [0.2, 0.25) is 0 Å². The first-order chi connectivity index (χ1) is 29.5. The van der Waals surface area contributed by atoms with Crippen molar-refractivity contribution in [3.05, 3.63) is 193 Å². The van der Waals surface area contributed by atoms with Gasteiger partial charge in [-0.3, -0.25) is 0 Å². The van der Waals surface area contributed by atoms with Gasteiger partial charge in [-0.25, -0.2) is 9.80 Å². The van der Waals surface area contributed by atoms with E-state index in [9.17, 15) is 0 Å². The van der Waals surface area contributed by atoms with Gasteiger partial charge in [0, 0.05) is 32.5 Å². The van der Waals surface area contributed by atoms with Crippen molar-refractivity contribution in [2.24, 2.45) is 0 Å². The lowest BCUT2D eigenvalue weighted by Gasteiger charge is -2.46. The molecule has 0 amide bonds. The van der Waals surface area contributed by atoms with Crippen LogP contribution in [0.4, 0.5) is 17.1 Å². The molecule has 1 saturated heterocycles. The van der Waals surface area contributed by atoms with Gasteiger partial charge in [0.2, 0.25) is 12.2 Å². The summed E-state index contributed by atoms with van der Waals surface area (Å²) in [6, 6.07) is 64.6. The van der Waals surface area contributed by atoms with Crippen LogP contribution >= 0.6 is 0 Å². The van der Waals surface area contributed by atoms with Crippen molar-refractivity contribution in [3.8, 4) is 0 Å². The second kappa shape index (κ2) is 14.2. The number of anilines is 3. The van der Waals surface area contributed by atoms with Gasteiger partial charge in [-0.1, -0.05) is 133 Å². The second-order valence-corrected chi connectivity index (χ2v) is 20.3. The summed E-state index contributed by atoms with van der Waals surface area (Å²) in [5.74, 6) is -0.305. The number of nitrogens with one attached hydrogen (secondary N) is 1. The Hall–Kier alpha value is -6.83. The minimum Gasteiger partial charge on any atom is -0.330 e. The lowest BCUT2D eigenvalue weighted by atomic mass is 10.0. The maximum Gasteiger partial charge on any atom is 0.532 e. The van der Waals surface area contributed by atoms with Crippen LogP contribution in [-0.2, 0) is 6.67 Å². The van der Waals surface area contributed by atoms with Crippen LogP contribution in [0.15, 0.2) is 176 Å². The van der Waals surface area contributed by atoms with E-state index in [1.54, 1.807) is 0 Å². The third kappa shape index (κ3) is 5.21. The number of benzene rings is 7. The molecule has 0 bridgehead atoms. The van der Waals surface area contributed by atoms with E-state index in [4.69, 9.17) is 0 Å². The molecule has 292 valence electrons. The fourth-order valence-corrected chi connectivity index (χ4v) is 15.8. The van der Waals surface area contributed by atoms with Gasteiger partial charge in [0.25, 0.3) is 0 Å². The maximum atomic E-state index is 3.91. The van der Waals surface area contributed by atoms with Crippen molar-refractivity contribution < 1.29 is 13.7 Å². The zero-order valence-electron chi connectivity index (χ0n) is 34.5. The molecule has 7 aromatic carbocycles. The first-order valence-electron chi connectivity index (χ1n) is 21.2. The molecule has 0 radical (unpaired) electrons. The van der Waals surface area contributed by atoms with Gasteiger partial charge in [-0.05, 0) is 62.5 Å². The molecule has 1 spiro atoms. The van der Waals surface area contributed by atoms with Crippen molar-refractivity contribution in [1.29, 1.82) is 0 Å². The first kappa shape index (κ1) is 36.3. The fraction of sp³-hybridized carbons (Fsp3) is 0.151. The van der Waals surface area contributed by atoms with Gasteiger partial charge >= 0.3 is 5.91 Å². The van der Waals surface area contributed by atoms with E-state index in [0.29, 0.717) is 0 Å². The number of para-hydroxylation sites is 2. The Morgan fingerprint density at radius 1 is 0.533 bits per heavy atom. The molecule has 0 unspecified atom stereocenters. The molecule has 0 atom stereocenters. The normalized spacial score (nSPS) is 15.7. The van der Waals surface area contributed by atoms with E-state index in [0.717, 1.165) is 19.8 Å². The number of rotatable bonds is 4. The molecule has 0 saturated carbocycles. The van der Waals surface area contributed by atoms with E-state index >= 15 is 0 Å². The van der Waals surface area contributed by atoms with Crippen molar-refractivity contribution in [1.82, 2.24) is 0 Å². The van der Waals surface area contributed by atoms with E-state index < -0.39 is 8.07 Å². The third-order valence-corrected chi connectivity index (χ3v) is 18.3. The summed E-state index contributed by atoms with van der Waals surface area (Å²) in [6.07, 6.45) is 5.83. The maximum absolute atomic E-state index is 3.91. The van der Waals surface area contributed by atoms with Crippen LogP contribution in [-0.4, -0.2) is 62.7 Å². The van der Waals surface area contributed by atoms with Crippen molar-refractivity contribution in [3.63, 3.8) is 0 Å². The molecule has 4 aliphatic heterocycles. The predicted octanol–water partition coefficient (Wildman–Crippen LogP) is 6.51. The van der Waals surface area contributed by atoms with Crippen LogP contribution < -0.4 is 40.4 Å². The smallest absolute Gasteiger partial charge is 0.330 e. The lowest BCUT2D eigenvalue weighted by molar-refractivity contribution is -0.843. The van der Waals surface area contributed by atoms with Gasteiger partial charge < -0.3 is 5.32 Å². The molecule has 1 fully saturated rings. The minimum absolute atomic E-state index is 0.305. The molecule has 0 aliphatic carbocycles. The highest BCUT2D eigenvalue weighted by atomic mass is 28.3. The number of hydrogen-bond acceptors (Lipinski definition) is 3. The predicted molar refractivity (Wildman–Crippen MR) is 251 cm³/mol. The summed E-state index contributed by atoms with van der Waals surface area (Å²) in [6.45, 7) is 5.10. The topological polar surface area (TPSA) is 28.4 Å². The van der Waals surface area contributed by atoms with Gasteiger partial charge in [-0.2, -0.15) is 4.57 Å². The quantitative estimate of drug-likeness (QED) is 0.0954. The Balaban J connectivity index is 0.000000147. The molecule has 8 aromatic rings. The van der Waals surface area contributed by atoms with Crippen molar-refractivity contribution in [2.75, 3.05) is 42.3 Å². The van der Waals surface area contributed by atoms with E-state index in [-0.39, 0.29) is 5.91 Å². The van der Waals surface area contributed by atoms with E-state index in [1.165, 1.54) is 82.7 Å². The zero-order valence-corrected chi connectivity index (χ0v) is 35.5. The van der Waals surface area contributed by atoms with Crippen LogP contribution in [0.25, 0.3) is 21.7 Å². The molecule has 60 heavy (non-hydrogen) atoms. The van der Waals surface area contributed by atoms with Crippen molar-refractivity contribution >= 4 is 80.0 Å². The molecule has 1 N–H and O–H groups in total. The minimum atomic E-state index is -2.63. The molecule has 4 aliphatic rings. The highest BCUT2D eigenvalue weighted by Gasteiger charge is 2.66. The molecule has 12 rings (SSSR count). The summed E-state index contributed by atoms with van der Waals surface area (Å²) in [7, 11) is 1.81. The Bertz CT molecular complexity index is 2850. The number of nitrogens with zero attached hydrogens (tertiary/aromatic N) is 5. The third-order valence-electron chi connectivity index (χ3n) is 13.5. The SMILES string of the molecule is CN1c2ccccc2C=[N+]2CCC[N+]3=Cc4ccccc4N(C)C123.Cc1ccc2ccc3ccc([Si](c4ccccc4)(c4ccccc4)c4ccccc4)c4c3c2[n+]1CN4. The highest BCUT2D eigenvalue weighted by molar-refractivity contribution is 7.20. The number of aromatic nitrogens is 1. The van der Waals surface area contributed by atoms with Crippen LogP contribution in [0.5, 0.6) is 0 Å². The van der Waals surface area contributed by atoms with Gasteiger partial charge in [0.15, 0.2) is 39.3 Å². The largest absolute Gasteiger partial charge is 0.532 e. The number of aryl methyl sites for hydroxylation is 1. The van der Waals surface area contributed by atoms with Crippen LogP contribution in [0.1, 0.15) is 23.2 Å². The first-order valence-corrected chi connectivity index (χ1v) is 23.2. The van der Waals surface area contributed by atoms with Crippen molar-refractivity contribution in [2.45, 2.75) is 25.9 Å². The zero-order chi connectivity index (χ0) is 40.4. The Morgan fingerprint density at radius 3 is 1.55 bits per heavy atom. The van der Waals surface area contributed by atoms with Gasteiger partial charge in [-0.15, -0.1) is 9.15 Å². The van der Waals surface area contributed by atoms with Crippen LogP contribution in [0.3, 0.4) is 0 Å². The number of pyridine rings is 1. The van der Waals surface area contributed by atoms with Gasteiger partial charge in [0.1, 0.15) is 0 Å². The standard InChI is InChI=1S/C33H26N2Si.C20H22N4/c1-24-17-18-26-20-19-25-21-22-30(32-31(25)33(26)35(24)23-34-32)36(27-11-5-2-6-12-27,28-13-7-3-8-14-28)29-15-9-4-10-16-29;1-21-18-10-5-3-8-16(18)14-23-12-7-13-24-15-17-9-4-6-11-19(17)22(2)20(21,23)24/h2-22H,23H2,1H3;3-6,8-11,14-15H,7,12-13H2,1-2H3/q;+2/p+1. The fourth-order valence-electron chi connectivity index (χ4n) is 10.8. The summed E-state index contributed by atoms with van der Waals surface area (Å²) in [4.78, 5) is 4.85. The average molecular weight is 798 g/mol. The number of hydrogen-bond donors (Lipinski definition) is 1. The molecular formula is C53H49N6Si+3. The summed E-state index contributed by atoms with van der Waals surface area (Å²) >= 11 is 0. The lowest BCUT2D eigenvalue weighted by Crippen LogP contribution is -2.76. The molecule has 6 nitrogen and oxygen atoms in total. The monoisotopic (exact) mass is 797 g/mol. The summed E-state index contributed by atoms with van der Waals surface area (Å²) in [5, 5.41) is 13.4. The second-order valence-electron chi connectivity index (χ2n) is 16.5. The Morgan fingerprint density at radius 2 is 1.00 bits per heavy atom. The van der Waals surface area contributed by atoms with E-state index in [2.05, 4.69) is 238 Å². The molecule has 1 aromatic heterocycles. The number of fused-ring (bicyclic) bond motifs is 2. The molecule has 5 heterocycles. The highest BCUT2D eigenvalue weighted by Crippen LogP contribution is 2.40. The molecule has 7 heteroatoms.